The third-order valence-corrected chi connectivity index (χ3v) is 13.6. The smallest absolute Gasteiger partial charge is 0.0594 e. The Bertz CT molecular complexity index is 790. The van der Waals surface area contributed by atoms with E-state index >= 15 is 0 Å². The molecule has 0 aromatic carbocycles. The third kappa shape index (κ3) is 2.54. The molecule has 1 heteroatoms. The maximum absolute atomic E-state index is 10.9. The first-order valence-electron chi connectivity index (χ1n) is 13.6. The second-order valence-electron chi connectivity index (χ2n) is 14.9. The molecule has 0 aromatic rings. The van der Waals surface area contributed by atoms with Gasteiger partial charge in [0.15, 0.2) is 0 Å². The summed E-state index contributed by atoms with van der Waals surface area (Å²) in [5.74, 6) is 2.21. The van der Waals surface area contributed by atoms with Crippen LogP contribution in [0, 0.1) is 50.2 Å². The molecule has 0 saturated heterocycles. The number of allylic oxidation sites excluding steroid dienone is 2. The van der Waals surface area contributed by atoms with Gasteiger partial charge in [-0.2, -0.15) is 0 Å². The highest BCUT2D eigenvalue weighted by atomic mass is 16.3. The van der Waals surface area contributed by atoms with Crippen LogP contribution in [0.15, 0.2) is 11.6 Å². The highest BCUT2D eigenvalue weighted by Gasteiger charge is 2.68. The van der Waals surface area contributed by atoms with Crippen molar-refractivity contribution in [2.45, 2.75) is 126 Å². The lowest BCUT2D eigenvalue weighted by atomic mass is 9.32. The molecule has 5 rings (SSSR count). The van der Waals surface area contributed by atoms with Crippen LogP contribution in [0.4, 0.5) is 0 Å². The van der Waals surface area contributed by atoms with E-state index in [4.69, 9.17) is 0 Å². The minimum absolute atomic E-state index is 0.0369. The second-order valence-corrected chi connectivity index (χ2v) is 14.9. The van der Waals surface area contributed by atoms with Crippen LogP contribution in [0.25, 0.3) is 0 Å². The van der Waals surface area contributed by atoms with Crippen molar-refractivity contribution in [2.24, 2.45) is 50.2 Å². The summed E-state index contributed by atoms with van der Waals surface area (Å²) in [5.41, 5.74) is 4.02. The number of hydrogen-bond acceptors (Lipinski definition) is 1. The molecule has 4 fully saturated rings. The summed E-state index contributed by atoms with van der Waals surface area (Å²) >= 11 is 0. The van der Waals surface area contributed by atoms with Crippen LogP contribution in [0.3, 0.4) is 0 Å². The molecule has 31 heavy (non-hydrogen) atoms. The van der Waals surface area contributed by atoms with Crippen molar-refractivity contribution >= 4 is 0 Å². The molecule has 0 heterocycles. The first-order valence-corrected chi connectivity index (χ1v) is 13.6. The van der Waals surface area contributed by atoms with Crippen LogP contribution in [-0.4, -0.2) is 11.2 Å². The molecule has 8 atom stereocenters. The SMILES string of the molecule is CC1(C)[C@@H](O)CC[C@]2(C)[C@H]3CC[C@@]4(C)[C@H]5CCCC(C)(C)[C@@]5(C)CC[C@]4(C)C3=CC[C@@H]12. The van der Waals surface area contributed by atoms with Gasteiger partial charge in [-0.3, -0.25) is 0 Å². The van der Waals surface area contributed by atoms with Crippen molar-refractivity contribution in [3.8, 4) is 0 Å². The standard InChI is InChI=1S/C30H50O/c1-25(2)15-9-10-23-29(25,7)19-18-28(6)21-11-12-22-26(3,4)24(31)14-16-27(22,5)20(21)13-17-30(23,28)8/h11,20,22-24,31H,9-10,12-19H2,1-8H3/t20-,22-,23-,24-,27+,28+,29-,30-/m0/s1. The maximum atomic E-state index is 10.9. The Hall–Kier alpha value is -0.300. The lowest BCUT2D eigenvalue weighted by molar-refractivity contribution is -0.196. The lowest BCUT2D eigenvalue weighted by Gasteiger charge is -2.72. The molecular weight excluding hydrogens is 376 g/mol. The van der Waals surface area contributed by atoms with Gasteiger partial charge < -0.3 is 5.11 Å². The Morgan fingerprint density at radius 1 is 0.742 bits per heavy atom. The topological polar surface area (TPSA) is 20.2 Å². The molecule has 176 valence electrons. The third-order valence-electron chi connectivity index (χ3n) is 13.6. The van der Waals surface area contributed by atoms with Crippen molar-refractivity contribution < 1.29 is 5.11 Å². The van der Waals surface area contributed by atoms with Crippen LogP contribution >= 0.6 is 0 Å². The first kappa shape index (κ1) is 22.5. The Morgan fingerprint density at radius 3 is 2.16 bits per heavy atom. The Kier molecular flexibility index (Phi) is 4.66. The van der Waals surface area contributed by atoms with E-state index in [-0.39, 0.29) is 11.5 Å². The number of rotatable bonds is 0. The van der Waals surface area contributed by atoms with Crippen LogP contribution in [0.5, 0.6) is 0 Å². The fourth-order valence-corrected chi connectivity index (χ4v) is 10.8. The summed E-state index contributed by atoms with van der Waals surface area (Å²) in [7, 11) is 0. The van der Waals surface area contributed by atoms with Gasteiger partial charge in [0.05, 0.1) is 6.10 Å². The quantitative estimate of drug-likeness (QED) is 0.387. The fraction of sp³-hybridized carbons (Fsp3) is 0.933. The second kappa shape index (κ2) is 6.43. The van der Waals surface area contributed by atoms with Gasteiger partial charge in [-0.25, -0.2) is 0 Å². The first-order chi connectivity index (χ1) is 14.2. The van der Waals surface area contributed by atoms with E-state index < -0.39 is 0 Å². The van der Waals surface area contributed by atoms with Gasteiger partial charge >= 0.3 is 0 Å². The number of aliphatic hydroxyl groups excluding tert-OH is 1. The summed E-state index contributed by atoms with van der Waals surface area (Å²) in [5, 5.41) is 10.9. The summed E-state index contributed by atoms with van der Waals surface area (Å²) < 4.78 is 0. The molecule has 0 amide bonds. The molecule has 0 unspecified atom stereocenters. The van der Waals surface area contributed by atoms with Gasteiger partial charge in [-0.1, -0.05) is 73.5 Å². The van der Waals surface area contributed by atoms with Crippen LogP contribution < -0.4 is 0 Å². The summed E-state index contributed by atoms with van der Waals surface area (Å²) in [6.07, 6.45) is 15.8. The monoisotopic (exact) mass is 426 g/mol. The van der Waals surface area contributed by atoms with Crippen molar-refractivity contribution in [2.75, 3.05) is 0 Å². The normalized spacial score (nSPS) is 55.2. The average Bonchev–Trinajstić information content (AvgIpc) is 2.68. The predicted molar refractivity (Wildman–Crippen MR) is 131 cm³/mol. The summed E-state index contributed by atoms with van der Waals surface area (Å²) in [4.78, 5) is 0. The Balaban J connectivity index is 1.57. The zero-order valence-corrected chi connectivity index (χ0v) is 21.9. The highest BCUT2D eigenvalue weighted by molar-refractivity contribution is 5.33. The molecule has 0 aromatic heterocycles. The largest absolute Gasteiger partial charge is 0.393 e. The molecule has 0 spiro atoms. The van der Waals surface area contributed by atoms with Crippen molar-refractivity contribution in [3.05, 3.63) is 11.6 Å². The molecule has 5 aliphatic carbocycles. The minimum atomic E-state index is -0.134. The van der Waals surface area contributed by atoms with E-state index in [0.29, 0.717) is 33.0 Å². The number of fused-ring (bicyclic) bond motifs is 7. The van der Waals surface area contributed by atoms with E-state index in [1.807, 2.05) is 5.57 Å². The minimum Gasteiger partial charge on any atom is -0.393 e. The molecule has 0 bridgehead atoms. The van der Waals surface area contributed by atoms with Crippen molar-refractivity contribution in [3.63, 3.8) is 0 Å². The molecule has 1 nitrogen and oxygen atoms in total. The molecule has 0 aliphatic heterocycles. The molecule has 4 saturated carbocycles. The summed E-state index contributed by atoms with van der Waals surface area (Å²) in [6, 6.07) is 0. The van der Waals surface area contributed by atoms with E-state index in [1.54, 1.807) is 0 Å². The van der Waals surface area contributed by atoms with Crippen LogP contribution in [0.1, 0.15) is 120 Å². The van der Waals surface area contributed by atoms with E-state index in [2.05, 4.69) is 61.5 Å². The number of aliphatic hydroxyl groups is 1. The van der Waals surface area contributed by atoms with Gasteiger partial charge in [0, 0.05) is 0 Å². The fourth-order valence-electron chi connectivity index (χ4n) is 10.8. The maximum Gasteiger partial charge on any atom is 0.0594 e. The molecule has 0 radical (unpaired) electrons. The molecular formula is C30H50O. The Labute approximate surface area is 192 Å². The lowest BCUT2D eigenvalue weighted by Crippen LogP contribution is -2.64. The van der Waals surface area contributed by atoms with Gasteiger partial charge in [0.2, 0.25) is 0 Å². The van der Waals surface area contributed by atoms with Crippen LogP contribution in [-0.2, 0) is 0 Å². The van der Waals surface area contributed by atoms with E-state index in [9.17, 15) is 5.11 Å². The molecule has 5 aliphatic rings. The van der Waals surface area contributed by atoms with Gasteiger partial charge in [0.1, 0.15) is 0 Å². The van der Waals surface area contributed by atoms with Crippen molar-refractivity contribution in [1.82, 2.24) is 0 Å². The Morgan fingerprint density at radius 2 is 1.45 bits per heavy atom. The van der Waals surface area contributed by atoms with Gasteiger partial charge in [-0.15, -0.1) is 0 Å². The van der Waals surface area contributed by atoms with Crippen LogP contribution in [0.2, 0.25) is 0 Å². The van der Waals surface area contributed by atoms with Gasteiger partial charge in [0.25, 0.3) is 0 Å². The molecule has 1 N–H and O–H groups in total. The van der Waals surface area contributed by atoms with Crippen molar-refractivity contribution in [1.29, 1.82) is 0 Å². The zero-order chi connectivity index (χ0) is 22.7. The zero-order valence-electron chi connectivity index (χ0n) is 21.9. The highest BCUT2D eigenvalue weighted by Crippen LogP contribution is 2.76. The van der Waals surface area contributed by atoms with E-state index in [1.165, 1.54) is 57.8 Å². The number of hydrogen-bond donors (Lipinski definition) is 1. The predicted octanol–water partition coefficient (Wildman–Crippen LogP) is 8.17. The summed E-state index contributed by atoms with van der Waals surface area (Å²) in [6.45, 7) is 20.6. The average molecular weight is 427 g/mol. The van der Waals surface area contributed by atoms with E-state index in [0.717, 1.165) is 18.3 Å². The van der Waals surface area contributed by atoms with Gasteiger partial charge in [-0.05, 0) is 108 Å².